The molecule has 0 saturated carbocycles. The highest BCUT2D eigenvalue weighted by Gasteiger charge is 2.43. The van der Waals surface area contributed by atoms with Gasteiger partial charge >= 0.3 is 11.9 Å². The van der Waals surface area contributed by atoms with Gasteiger partial charge in [-0.2, -0.15) is 12.6 Å². The first kappa shape index (κ1) is 28.2. The maximum atomic E-state index is 10.9. The summed E-state index contributed by atoms with van der Waals surface area (Å²) in [6.07, 6.45) is 11.1. The van der Waals surface area contributed by atoms with Gasteiger partial charge in [-0.05, 0) is 26.2 Å². The smallest absolute Gasteiger partial charge is 0.350 e. The van der Waals surface area contributed by atoms with Gasteiger partial charge in [0.2, 0.25) is 0 Å². The van der Waals surface area contributed by atoms with Crippen LogP contribution in [0.5, 0.6) is 0 Å². The van der Waals surface area contributed by atoms with Crippen LogP contribution in [-0.4, -0.2) is 64.5 Å². The molecular weight excluding hydrogens is 378 g/mol. The average molecular weight is 414 g/mol. The number of thiol groups is 1. The molecule has 2 fully saturated rings. The zero-order chi connectivity index (χ0) is 22.3. The maximum Gasteiger partial charge on any atom is 0.350 e. The maximum absolute atomic E-state index is 10.9. The Bertz CT molecular complexity index is 543. The molecule has 0 aliphatic carbocycles. The topological polar surface area (TPSA) is 103 Å². The Labute approximate surface area is 174 Å². The second kappa shape index (κ2) is 16.0. The van der Waals surface area contributed by atoms with Crippen LogP contribution in [0.25, 0.3) is 0 Å². The number of carbonyl (C=O) groups is 2. The number of carboxylic acids is 1. The van der Waals surface area contributed by atoms with E-state index in [4.69, 9.17) is 10.5 Å². The number of ether oxygens (including phenoxy) is 1. The van der Waals surface area contributed by atoms with Crippen molar-refractivity contribution in [3.05, 3.63) is 0 Å². The number of aliphatic imine (C=N–C) groups is 1. The summed E-state index contributed by atoms with van der Waals surface area (Å²) in [5.74, 6) is -0.880. The van der Waals surface area contributed by atoms with E-state index < -0.39 is 5.97 Å². The molecule has 2 N–H and O–H groups in total. The van der Waals surface area contributed by atoms with E-state index in [9.17, 15) is 9.59 Å². The highest BCUT2D eigenvalue weighted by atomic mass is 32.1. The van der Waals surface area contributed by atoms with Gasteiger partial charge in [0.25, 0.3) is 0 Å². The predicted molar refractivity (Wildman–Crippen MR) is 117 cm³/mol. The van der Waals surface area contributed by atoms with E-state index >= 15 is 0 Å². The number of carbonyl (C=O) groups excluding carboxylic acids is 1. The van der Waals surface area contributed by atoms with Crippen LogP contribution < -0.4 is 0 Å². The molecule has 0 amide bonds. The Morgan fingerprint density at radius 2 is 1.75 bits per heavy atom. The van der Waals surface area contributed by atoms with Crippen LogP contribution in [0.3, 0.4) is 0 Å². The lowest BCUT2D eigenvalue weighted by molar-refractivity contribution is -0.169. The van der Waals surface area contributed by atoms with Crippen molar-refractivity contribution in [2.45, 2.75) is 65.2 Å². The van der Waals surface area contributed by atoms with E-state index in [1.165, 1.54) is 12.8 Å². The van der Waals surface area contributed by atoms with Gasteiger partial charge in [-0.15, -0.1) is 12.8 Å². The second-order valence-electron chi connectivity index (χ2n) is 5.65. The summed E-state index contributed by atoms with van der Waals surface area (Å²) in [5, 5.41) is 15.6. The Balaban J connectivity index is 0. The molecule has 3 atom stereocenters. The van der Waals surface area contributed by atoms with Crippen molar-refractivity contribution in [1.29, 1.82) is 5.41 Å². The fraction of sp³-hybridized carbons (Fsp3) is 0.700. The van der Waals surface area contributed by atoms with Gasteiger partial charge in [-0.3, -0.25) is 15.2 Å². The number of hydrogen-bond donors (Lipinski definition) is 3. The highest BCUT2D eigenvalue weighted by Crippen LogP contribution is 2.29. The molecule has 28 heavy (non-hydrogen) atoms. The van der Waals surface area contributed by atoms with Crippen molar-refractivity contribution in [3.8, 4) is 12.8 Å². The summed E-state index contributed by atoms with van der Waals surface area (Å²) in [4.78, 5) is 27.7. The second-order valence-corrected chi connectivity index (χ2v) is 6.28. The molecule has 0 aromatic heterocycles. The number of rotatable bonds is 2. The minimum atomic E-state index is -1.06. The SMILES string of the molecule is C#C.CC.CC.CC(=N)N1CCCC1.O=C(O)C1=NC([C@H]2COC2=O)CC1S. The fourth-order valence-electron chi connectivity index (χ4n) is 2.68. The van der Waals surface area contributed by atoms with Gasteiger partial charge in [-0.25, -0.2) is 4.79 Å². The van der Waals surface area contributed by atoms with E-state index in [2.05, 4.69) is 40.1 Å². The molecule has 0 bridgehead atoms. The van der Waals surface area contributed by atoms with E-state index in [0.29, 0.717) is 13.0 Å². The number of nitrogens with zero attached hydrogens (tertiary/aromatic N) is 2. The monoisotopic (exact) mass is 413 g/mol. The number of hydrogen-bond acceptors (Lipinski definition) is 6. The lowest BCUT2D eigenvalue weighted by atomic mass is 9.95. The molecule has 3 rings (SSSR count). The van der Waals surface area contributed by atoms with Gasteiger partial charge < -0.3 is 14.7 Å². The third kappa shape index (κ3) is 8.79. The molecule has 0 aromatic rings. The van der Waals surface area contributed by atoms with E-state index in [0.717, 1.165) is 18.9 Å². The largest absolute Gasteiger partial charge is 0.477 e. The number of amidine groups is 1. The fourth-order valence-corrected chi connectivity index (χ4v) is 3.07. The molecule has 160 valence electrons. The molecule has 2 saturated heterocycles. The van der Waals surface area contributed by atoms with Crippen LogP contribution in [-0.2, 0) is 14.3 Å². The van der Waals surface area contributed by atoms with Crippen LogP contribution in [0.4, 0.5) is 0 Å². The number of cyclic esters (lactones) is 1. The number of esters is 1. The third-order valence-corrected chi connectivity index (χ3v) is 4.51. The molecule has 3 aliphatic heterocycles. The molecule has 0 aromatic carbocycles. The molecular formula is C20H35N3O4S. The van der Waals surface area contributed by atoms with Gasteiger partial charge in [0.05, 0.1) is 17.1 Å². The summed E-state index contributed by atoms with van der Waals surface area (Å²) < 4.78 is 4.61. The van der Waals surface area contributed by atoms with Crippen LogP contribution in [0, 0.1) is 24.2 Å². The first-order valence-corrected chi connectivity index (χ1v) is 10.2. The number of terminal acetylenes is 1. The number of nitrogens with one attached hydrogen (secondary N) is 1. The van der Waals surface area contributed by atoms with Crippen molar-refractivity contribution in [3.63, 3.8) is 0 Å². The quantitative estimate of drug-likeness (QED) is 0.212. The van der Waals surface area contributed by atoms with Crippen LogP contribution in [0.15, 0.2) is 4.99 Å². The van der Waals surface area contributed by atoms with Crippen molar-refractivity contribution in [1.82, 2.24) is 4.90 Å². The van der Waals surface area contributed by atoms with E-state index in [1.807, 2.05) is 34.6 Å². The van der Waals surface area contributed by atoms with Gasteiger partial charge in [0.15, 0.2) is 0 Å². The van der Waals surface area contributed by atoms with Gasteiger partial charge in [0.1, 0.15) is 18.2 Å². The Kier molecular flexibility index (Phi) is 16.1. The number of likely N-dealkylation sites (tertiary alicyclic amines) is 1. The van der Waals surface area contributed by atoms with Crippen molar-refractivity contribution >= 4 is 36.1 Å². The van der Waals surface area contributed by atoms with Crippen LogP contribution in [0.2, 0.25) is 0 Å². The number of carboxylic acid groups (broad SMARTS) is 1. The zero-order valence-corrected chi connectivity index (χ0v) is 18.5. The molecule has 2 unspecified atom stereocenters. The van der Waals surface area contributed by atoms with Gasteiger partial charge in [-0.1, -0.05) is 27.7 Å². The summed E-state index contributed by atoms with van der Waals surface area (Å²) >= 11 is 4.11. The van der Waals surface area contributed by atoms with Crippen molar-refractivity contribution in [2.75, 3.05) is 19.7 Å². The van der Waals surface area contributed by atoms with E-state index in [1.54, 1.807) is 0 Å². The standard InChI is InChI=1S/C8H9NO4S.C6H12N2.2C2H6.C2H2/c10-7(11)6-5(14)1-4(9-6)3-2-13-8(3)12;1-6(7)8-4-2-3-5-8;3*1-2/h3-5,14H,1-2H2,(H,10,11);7H,2-5H2,1H3;2*1-2H3;1-2H/t3-,4?,5?;;;;/m1..../s1. The Hall–Kier alpha value is -2.01. The minimum Gasteiger partial charge on any atom is -0.477 e. The summed E-state index contributed by atoms with van der Waals surface area (Å²) in [6, 6.07) is -0.259. The van der Waals surface area contributed by atoms with E-state index in [-0.39, 0.29) is 28.9 Å². The average Bonchev–Trinajstić information content (AvgIpc) is 3.36. The Morgan fingerprint density at radius 1 is 1.25 bits per heavy atom. The number of aliphatic carboxylic acids is 1. The van der Waals surface area contributed by atoms with Crippen LogP contribution >= 0.6 is 12.6 Å². The molecule has 7 nitrogen and oxygen atoms in total. The minimum absolute atomic E-state index is 0.0537. The lowest BCUT2D eigenvalue weighted by Gasteiger charge is -2.27. The zero-order valence-electron chi connectivity index (χ0n) is 17.6. The first-order chi connectivity index (χ1) is 13.4. The Morgan fingerprint density at radius 3 is 2.00 bits per heavy atom. The first-order valence-electron chi connectivity index (χ1n) is 9.69. The van der Waals surface area contributed by atoms with Crippen molar-refractivity contribution < 1.29 is 19.4 Å². The summed E-state index contributed by atoms with van der Waals surface area (Å²) in [6.45, 7) is 12.4. The van der Waals surface area contributed by atoms with Crippen molar-refractivity contribution in [2.24, 2.45) is 10.9 Å². The lowest BCUT2D eigenvalue weighted by Crippen LogP contribution is -2.41. The summed E-state index contributed by atoms with van der Waals surface area (Å²) in [7, 11) is 0. The molecule has 0 spiro atoms. The van der Waals surface area contributed by atoms with Crippen LogP contribution in [0.1, 0.15) is 53.9 Å². The van der Waals surface area contributed by atoms with Gasteiger partial charge in [0, 0.05) is 13.1 Å². The third-order valence-electron chi connectivity index (χ3n) is 4.06. The highest BCUT2D eigenvalue weighted by molar-refractivity contribution is 7.82. The molecule has 0 radical (unpaired) electrons. The normalized spacial score (nSPS) is 24.0. The predicted octanol–water partition coefficient (Wildman–Crippen LogP) is 3.14. The summed E-state index contributed by atoms with van der Waals surface area (Å²) in [5.41, 5.74) is 0.0537. The molecule has 3 heterocycles. The molecule has 3 aliphatic rings. The molecule has 8 heteroatoms.